The summed E-state index contributed by atoms with van der Waals surface area (Å²) >= 11 is 0. The molecule has 0 spiro atoms. The van der Waals surface area contributed by atoms with E-state index in [1.165, 1.54) is 24.5 Å². The maximum absolute atomic E-state index is 13.3. The van der Waals surface area contributed by atoms with Crippen LogP contribution < -0.4 is 15.0 Å². The Kier molecular flexibility index (Phi) is 6.30. The van der Waals surface area contributed by atoms with Crippen LogP contribution in [0.5, 0.6) is 5.75 Å². The molecule has 2 aromatic heterocycles. The monoisotopic (exact) mass is 474 g/mol. The predicted octanol–water partition coefficient (Wildman–Crippen LogP) is 3.95. The van der Waals surface area contributed by atoms with E-state index in [4.69, 9.17) is 14.1 Å². The van der Waals surface area contributed by atoms with Crippen LogP contribution in [0.15, 0.2) is 77.4 Å². The van der Waals surface area contributed by atoms with Crippen molar-refractivity contribution in [1.29, 1.82) is 0 Å². The normalized spacial score (nSPS) is 13.6. The molecule has 0 aliphatic carbocycles. The topological polar surface area (TPSA) is 87.9 Å². The lowest BCUT2D eigenvalue weighted by Crippen LogP contribution is -2.49. The van der Waals surface area contributed by atoms with E-state index in [1.807, 2.05) is 24.3 Å². The van der Waals surface area contributed by atoms with Crippen LogP contribution in [0.3, 0.4) is 0 Å². The van der Waals surface area contributed by atoms with E-state index in [9.17, 15) is 14.0 Å². The first kappa shape index (κ1) is 22.4. The number of aromatic nitrogens is 1. The molecule has 0 saturated carbocycles. The van der Waals surface area contributed by atoms with E-state index in [0.29, 0.717) is 48.9 Å². The molecule has 3 heterocycles. The van der Waals surface area contributed by atoms with Crippen molar-refractivity contribution < 1.29 is 23.1 Å². The van der Waals surface area contributed by atoms with Crippen LogP contribution in [0.25, 0.3) is 10.9 Å². The first-order chi connectivity index (χ1) is 17.1. The molecule has 1 N–H and O–H groups in total. The van der Waals surface area contributed by atoms with E-state index < -0.39 is 11.7 Å². The van der Waals surface area contributed by atoms with Gasteiger partial charge in [0.05, 0.1) is 6.26 Å². The molecule has 178 valence electrons. The van der Waals surface area contributed by atoms with Crippen molar-refractivity contribution >= 4 is 34.2 Å². The second kappa shape index (κ2) is 9.84. The molecule has 1 aliphatic rings. The summed E-state index contributed by atoms with van der Waals surface area (Å²) in [6.07, 6.45) is 1.49. The fourth-order valence-electron chi connectivity index (χ4n) is 4.00. The fraction of sp³-hybridized carbons (Fsp3) is 0.192. The molecular weight excluding hydrogens is 451 g/mol. The summed E-state index contributed by atoms with van der Waals surface area (Å²) in [6, 6.07) is 18.5. The first-order valence-corrected chi connectivity index (χ1v) is 11.2. The Balaban J connectivity index is 1.25. The van der Waals surface area contributed by atoms with Gasteiger partial charge in [0.25, 0.3) is 11.8 Å². The van der Waals surface area contributed by atoms with Crippen molar-refractivity contribution in [2.24, 2.45) is 0 Å². The van der Waals surface area contributed by atoms with Crippen molar-refractivity contribution in [2.45, 2.75) is 0 Å². The molecule has 1 saturated heterocycles. The molecule has 5 rings (SSSR count). The van der Waals surface area contributed by atoms with Gasteiger partial charge in [-0.1, -0.05) is 18.2 Å². The predicted molar refractivity (Wildman–Crippen MR) is 129 cm³/mol. The lowest BCUT2D eigenvalue weighted by molar-refractivity contribution is -0.118. The SMILES string of the molecule is O=C(COc1cccc2ccc(N3CCN(C(=O)c4ccco4)CC3)nc12)Nc1cccc(F)c1. The van der Waals surface area contributed by atoms with Gasteiger partial charge in [-0.2, -0.15) is 0 Å². The van der Waals surface area contributed by atoms with E-state index in [-0.39, 0.29) is 12.5 Å². The van der Waals surface area contributed by atoms with Crippen molar-refractivity contribution in [2.75, 3.05) is 43.0 Å². The third-order valence-electron chi connectivity index (χ3n) is 5.76. The Bertz CT molecular complexity index is 1350. The van der Waals surface area contributed by atoms with Crippen LogP contribution in [-0.2, 0) is 4.79 Å². The Labute approximate surface area is 200 Å². The molecular formula is C26H23FN4O4. The third kappa shape index (κ3) is 5.08. The van der Waals surface area contributed by atoms with E-state index >= 15 is 0 Å². The van der Waals surface area contributed by atoms with Crippen molar-refractivity contribution in [3.63, 3.8) is 0 Å². The molecule has 0 unspecified atom stereocenters. The molecule has 2 amide bonds. The van der Waals surface area contributed by atoms with Gasteiger partial charge < -0.3 is 24.3 Å². The van der Waals surface area contributed by atoms with Crippen LogP contribution in [-0.4, -0.2) is 54.5 Å². The lowest BCUT2D eigenvalue weighted by Gasteiger charge is -2.35. The maximum Gasteiger partial charge on any atom is 0.289 e. The third-order valence-corrected chi connectivity index (χ3v) is 5.76. The number of halogens is 1. The molecule has 1 fully saturated rings. The number of para-hydroxylation sites is 1. The standard InChI is InChI=1S/C26H23FN4O4/c27-19-5-2-6-20(16-19)28-24(32)17-35-21-7-1-4-18-9-10-23(29-25(18)21)30-11-13-31(14-12-30)26(33)22-8-3-15-34-22/h1-10,15-16H,11-14,17H2,(H,28,32). The van der Waals surface area contributed by atoms with Gasteiger partial charge in [0, 0.05) is 37.3 Å². The number of carbonyl (C=O) groups excluding carboxylic acids is 2. The van der Waals surface area contributed by atoms with Crippen molar-refractivity contribution in [3.05, 3.63) is 84.6 Å². The molecule has 2 aromatic carbocycles. The Morgan fingerprint density at radius 3 is 2.60 bits per heavy atom. The number of nitrogens with zero attached hydrogens (tertiary/aromatic N) is 3. The number of amides is 2. The van der Waals surface area contributed by atoms with Gasteiger partial charge in [0.15, 0.2) is 12.4 Å². The summed E-state index contributed by atoms with van der Waals surface area (Å²) in [5, 5.41) is 3.49. The zero-order chi connectivity index (χ0) is 24.2. The van der Waals surface area contributed by atoms with E-state index in [2.05, 4.69) is 10.2 Å². The summed E-state index contributed by atoms with van der Waals surface area (Å²) in [7, 11) is 0. The number of furan rings is 1. The highest BCUT2D eigenvalue weighted by molar-refractivity contribution is 5.93. The summed E-state index contributed by atoms with van der Waals surface area (Å²) < 4.78 is 24.3. The van der Waals surface area contributed by atoms with Crippen LogP contribution in [0.1, 0.15) is 10.6 Å². The van der Waals surface area contributed by atoms with Crippen molar-refractivity contribution in [1.82, 2.24) is 9.88 Å². The zero-order valence-corrected chi connectivity index (χ0v) is 18.8. The van der Waals surface area contributed by atoms with E-state index in [0.717, 1.165) is 11.2 Å². The summed E-state index contributed by atoms with van der Waals surface area (Å²) in [4.78, 5) is 33.5. The van der Waals surface area contributed by atoms with Crippen LogP contribution in [0.4, 0.5) is 15.9 Å². The van der Waals surface area contributed by atoms with Gasteiger partial charge in [-0.3, -0.25) is 9.59 Å². The molecule has 1 aliphatic heterocycles. The minimum atomic E-state index is -0.430. The highest BCUT2D eigenvalue weighted by Crippen LogP contribution is 2.27. The van der Waals surface area contributed by atoms with Gasteiger partial charge in [0.1, 0.15) is 22.9 Å². The highest BCUT2D eigenvalue weighted by Gasteiger charge is 2.24. The number of piperazine rings is 1. The van der Waals surface area contributed by atoms with Gasteiger partial charge >= 0.3 is 0 Å². The number of fused-ring (bicyclic) bond motifs is 1. The highest BCUT2D eigenvalue weighted by atomic mass is 19.1. The number of hydrogen-bond donors (Lipinski definition) is 1. The minimum absolute atomic E-state index is 0.117. The Morgan fingerprint density at radius 1 is 1.00 bits per heavy atom. The second-order valence-electron chi connectivity index (χ2n) is 8.10. The lowest BCUT2D eigenvalue weighted by atomic mass is 10.2. The van der Waals surface area contributed by atoms with Crippen molar-refractivity contribution in [3.8, 4) is 5.75 Å². The molecule has 0 atom stereocenters. The first-order valence-electron chi connectivity index (χ1n) is 11.2. The number of pyridine rings is 1. The molecule has 0 radical (unpaired) electrons. The minimum Gasteiger partial charge on any atom is -0.481 e. The summed E-state index contributed by atoms with van der Waals surface area (Å²) in [6.45, 7) is 2.12. The smallest absolute Gasteiger partial charge is 0.289 e. The average Bonchev–Trinajstić information content (AvgIpc) is 3.42. The molecule has 8 nitrogen and oxygen atoms in total. The molecule has 0 bridgehead atoms. The summed E-state index contributed by atoms with van der Waals surface area (Å²) in [5.74, 6) is 0.633. The molecule has 35 heavy (non-hydrogen) atoms. The zero-order valence-electron chi connectivity index (χ0n) is 18.8. The Hall–Kier alpha value is -4.40. The largest absolute Gasteiger partial charge is 0.481 e. The second-order valence-corrected chi connectivity index (χ2v) is 8.10. The molecule has 9 heteroatoms. The number of benzene rings is 2. The van der Waals surface area contributed by atoms with Gasteiger partial charge in [0.2, 0.25) is 0 Å². The Morgan fingerprint density at radius 2 is 1.83 bits per heavy atom. The number of anilines is 2. The molecule has 4 aromatic rings. The van der Waals surface area contributed by atoms with Crippen LogP contribution >= 0.6 is 0 Å². The van der Waals surface area contributed by atoms with Gasteiger partial charge in [-0.25, -0.2) is 9.37 Å². The van der Waals surface area contributed by atoms with Crippen LogP contribution in [0, 0.1) is 5.82 Å². The quantitative estimate of drug-likeness (QED) is 0.455. The fourth-order valence-corrected chi connectivity index (χ4v) is 4.00. The van der Waals surface area contributed by atoms with E-state index in [1.54, 1.807) is 29.2 Å². The summed E-state index contributed by atoms with van der Waals surface area (Å²) in [5.41, 5.74) is 0.999. The van der Waals surface area contributed by atoms with Crippen LogP contribution in [0.2, 0.25) is 0 Å². The maximum atomic E-state index is 13.3. The average molecular weight is 474 g/mol. The number of rotatable bonds is 6. The number of ether oxygens (including phenoxy) is 1. The number of nitrogens with one attached hydrogen (secondary N) is 1. The van der Waals surface area contributed by atoms with Gasteiger partial charge in [-0.05, 0) is 48.5 Å². The number of carbonyl (C=O) groups is 2. The number of hydrogen-bond acceptors (Lipinski definition) is 6. The van der Waals surface area contributed by atoms with Gasteiger partial charge in [-0.15, -0.1) is 0 Å².